The van der Waals surface area contributed by atoms with E-state index in [0.717, 1.165) is 49.8 Å². The van der Waals surface area contributed by atoms with Crippen LogP contribution in [-0.2, 0) is 16.6 Å². The third-order valence-electron chi connectivity index (χ3n) is 9.82. The molecule has 5 heteroatoms. The van der Waals surface area contributed by atoms with E-state index in [-0.39, 0.29) is 17.4 Å². The van der Waals surface area contributed by atoms with Crippen molar-refractivity contribution in [2.45, 2.75) is 96.6 Å². The van der Waals surface area contributed by atoms with Crippen molar-refractivity contribution in [1.82, 2.24) is 14.7 Å². The monoisotopic (exact) mass is 545 g/mol. The molecule has 3 aliphatic rings. The van der Waals surface area contributed by atoms with Gasteiger partial charge in [-0.1, -0.05) is 36.8 Å². The second-order valence-electron chi connectivity index (χ2n) is 13.1. The molecule has 3 heterocycles. The first-order valence-electron chi connectivity index (χ1n) is 15.9. The van der Waals surface area contributed by atoms with E-state index < -0.39 is 0 Å². The van der Waals surface area contributed by atoms with Gasteiger partial charge >= 0.3 is 0 Å². The first-order valence-corrected chi connectivity index (χ1v) is 15.9. The van der Waals surface area contributed by atoms with Crippen LogP contribution in [0.2, 0.25) is 0 Å². The summed E-state index contributed by atoms with van der Waals surface area (Å²) in [5.41, 5.74) is 5.17. The lowest BCUT2D eigenvalue weighted by Crippen LogP contribution is -2.47. The van der Waals surface area contributed by atoms with Crippen LogP contribution in [-0.4, -0.2) is 78.6 Å². The molecule has 2 aromatic rings. The molecule has 1 atom stereocenters. The zero-order valence-corrected chi connectivity index (χ0v) is 25.5. The van der Waals surface area contributed by atoms with Crippen molar-refractivity contribution in [3.8, 4) is 5.75 Å². The average molecular weight is 546 g/mol. The molecule has 218 valence electrons. The quantitative estimate of drug-likeness (QED) is 0.379. The number of carbonyl (C=O) groups is 1. The maximum absolute atomic E-state index is 13.6. The highest BCUT2D eigenvalue weighted by Crippen LogP contribution is 2.39. The van der Waals surface area contributed by atoms with Gasteiger partial charge in [-0.15, -0.1) is 0 Å². The Morgan fingerprint density at radius 3 is 2.45 bits per heavy atom. The van der Waals surface area contributed by atoms with E-state index >= 15 is 0 Å². The van der Waals surface area contributed by atoms with Gasteiger partial charge in [0.15, 0.2) is 0 Å². The first-order chi connectivity index (χ1) is 19.3. The minimum Gasteiger partial charge on any atom is -0.491 e. The Kier molecular flexibility index (Phi) is 9.53. The number of ether oxygens (including phenoxy) is 1. The molecule has 0 aliphatic carbocycles. The highest BCUT2D eigenvalue weighted by atomic mass is 16.5. The van der Waals surface area contributed by atoms with Crippen molar-refractivity contribution in [2.75, 3.05) is 45.8 Å². The summed E-state index contributed by atoms with van der Waals surface area (Å²) in [6, 6.07) is 15.9. The number of nitrogens with zero attached hydrogens (tertiary/aromatic N) is 3. The SMILES string of the molecule is Cc1ccc([C@]2(CCN3CCC(N4CCCCC4)CC3)CCN(C(=O)Cc3cccc(OC(C)C)c3)C2)cc1C. The normalized spacial score (nSPS) is 23.2. The Morgan fingerprint density at radius 2 is 1.73 bits per heavy atom. The largest absolute Gasteiger partial charge is 0.491 e. The summed E-state index contributed by atoms with van der Waals surface area (Å²) in [4.78, 5) is 21.2. The number of benzene rings is 2. The predicted octanol–water partition coefficient (Wildman–Crippen LogP) is 6.14. The average Bonchev–Trinajstić information content (AvgIpc) is 3.40. The molecular weight excluding hydrogens is 494 g/mol. The first kappa shape index (κ1) is 29.1. The standard InChI is InChI=1S/C35H51N3O2/c1-27(2)40-33-10-8-9-30(24-33)25-34(39)38-22-16-35(26-38,31-12-11-28(3)29(4)23-31)15-21-36-19-13-32(14-20-36)37-17-6-5-7-18-37/h8-12,23-24,27,32H,5-7,13-22,25-26H2,1-4H3/t35-/m1/s1. The number of aryl methyl sites for hydroxylation is 2. The maximum atomic E-state index is 13.6. The third-order valence-corrected chi connectivity index (χ3v) is 9.82. The smallest absolute Gasteiger partial charge is 0.227 e. The van der Waals surface area contributed by atoms with Gasteiger partial charge in [0.2, 0.25) is 5.91 Å². The highest BCUT2D eigenvalue weighted by Gasteiger charge is 2.41. The van der Waals surface area contributed by atoms with Crippen molar-refractivity contribution in [3.05, 3.63) is 64.7 Å². The molecular formula is C35H51N3O2. The van der Waals surface area contributed by atoms with E-state index in [2.05, 4.69) is 46.7 Å². The van der Waals surface area contributed by atoms with Gasteiger partial charge in [0.05, 0.1) is 12.5 Å². The Balaban J connectivity index is 1.24. The van der Waals surface area contributed by atoms with Crippen LogP contribution in [0.15, 0.2) is 42.5 Å². The van der Waals surface area contributed by atoms with Crippen molar-refractivity contribution >= 4 is 5.91 Å². The Morgan fingerprint density at radius 1 is 0.950 bits per heavy atom. The summed E-state index contributed by atoms with van der Waals surface area (Å²) in [6.07, 6.45) is 9.50. The second-order valence-corrected chi connectivity index (χ2v) is 13.1. The highest BCUT2D eigenvalue weighted by molar-refractivity contribution is 5.79. The molecule has 2 aromatic carbocycles. The molecule has 5 rings (SSSR count). The Bertz CT molecular complexity index is 1130. The van der Waals surface area contributed by atoms with Crippen molar-refractivity contribution in [2.24, 2.45) is 0 Å². The topological polar surface area (TPSA) is 36.0 Å². The zero-order valence-electron chi connectivity index (χ0n) is 25.5. The third kappa shape index (κ3) is 7.09. The number of amides is 1. The van der Waals surface area contributed by atoms with Gasteiger partial charge in [-0.05, 0) is 133 Å². The molecule has 0 bridgehead atoms. The summed E-state index contributed by atoms with van der Waals surface area (Å²) in [5.74, 6) is 1.07. The zero-order chi connectivity index (χ0) is 28.1. The Labute approximate surface area is 242 Å². The van der Waals surface area contributed by atoms with Crippen LogP contribution in [0.5, 0.6) is 5.75 Å². The lowest BCUT2D eigenvalue weighted by atomic mass is 9.75. The molecule has 40 heavy (non-hydrogen) atoms. The molecule has 3 fully saturated rings. The summed E-state index contributed by atoms with van der Waals surface area (Å²) in [5, 5.41) is 0. The molecule has 0 spiro atoms. The van der Waals surface area contributed by atoms with Gasteiger partial charge in [-0.25, -0.2) is 0 Å². The van der Waals surface area contributed by atoms with Gasteiger partial charge in [-0.3, -0.25) is 4.79 Å². The van der Waals surface area contributed by atoms with Crippen molar-refractivity contribution in [3.63, 3.8) is 0 Å². The van der Waals surface area contributed by atoms with E-state index in [1.807, 2.05) is 38.1 Å². The summed E-state index contributed by atoms with van der Waals surface area (Å²) < 4.78 is 5.87. The van der Waals surface area contributed by atoms with Gasteiger partial charge in [0.1, 0.15) is 5.75 Å². The fraction of sp³-hybridized carbons (Fsp3) is 0.629. The number of carbonyl (C=O) groups excluding carboxylic acids is 1. The number of rotatable bonds is 9. The fourth-order valence-electron chi connectivity index (χ4n) is 7.19. The molecule has 3 aliphatic heterocycles. The van der Waals surface area contributed by atoms with Crippen LogP contribution in [0.25, 0.3) is 0 Å². The van der Waals surface area contributed by atoms with Crippen LogP contribution in [0.1, 0.15) is 81.0 Å². The maximum Gasteiger partial charge on any atom is 0.227 e. The van der Waals surface area contributed by atoms with Crippen molar-refractivity contribution < 1.29 is 9.53 Å². The van der Waals surface area contributed by atoms with Crippen LogP contribution in [0.3, 0.4) is 0 Å². The Hall–Kier alpha value is -2.37. The van der Waals surface area contributed by atoms with Crippen LogP contribution >= 0.6 is 0 Å². The molecule has 0 unspecified atom stereocenters. The van der Waals surface area contributed by atoms with Gasteiger partial charge in [0, 0.05) is 24.5 Å². The fourth-order valence-corrected chi connectivity index (χ4v) is 7.19. The predicted molar refractivity (Wildman–Crippen MR) is 164 cm³/mol. The number of hydrogen-bond donors (Lipinski definition) is 0. The summed E-state index contributed by atoms with van der Waals surface area (Å²) >= 11 is 0. The van der Waals surface area contributed by atoms with Crippen LogP contribution in [0.4, 0.5) is 0 Å². The number of likely N-dealkylation sites (tertiary alicyclic amines) is 3. The van der Waals surface area contributed by atoms with E-state index in [0.29, 0.717) is 6.42 Å². The molecule has 5 nitrogen and oxygen atoms in total. The van der Waals surface area contributed by atoms with Crippen LogP contribution < -0.4 is 4.74 Å². The minimum atomic E-state index is 0.0282. The van der Waals surface area contributed by atoms with Gasteiger partial charge in [-0.2, -0.15) is 0 Å². The molecule has 1 amide bonds. The lowest BCUT2D eigenvalue weighted by molar-refractivity contribution is -0.129. The van der Waals surface area contributed by atoms with Gasteiger partial charge < -0.3 is 19.4 Å². The number of hydrogen-bond acceptors (Lipinski definition) is 4. The van der Waals surface area contributed by atoms with E-state index in [4.69, 9.17) is 4.74 Å². The summed E-state index contributed by atoms with van der Waals surface area (Å²) in [7, 11) is 0. The van der Waals surface area contributed by atoms with Crippen LogP contribution in [0, 0.1) is 13.8 Å². The van der Waals surface area contributed by atoms with E-state index in [1.165, 1.54) is 75.0 Å². The second kappa shape index (κ2) is 13.1. The summed E-state index contributed by atoms with van der Waals surface area (Å²) in [6.45, 7) is 16.3. The molecule has 0 saturated carbocycles. The molecule has 0 radical (unpaired) electrons. The minimum absolute atomic E-state index is 0.0282. The lowest BCUT2D eigenvalue weighted by Gasteiger charge is -2.41. The van der Waals surface area contributed by atoms with E-state index in [9.17, 15) is 4.79 Å². The molecule has 3 saturated heterocycles. The van der Waals surface area contributed by atoms with Gasteiger partial charge in [0.25, 0.3) is 0 Å². The van der Waals surface area contributed by atoms with Crippen molar-refractivity contribution in [1.29, 1.82) is 0 Å². The van der Waals surface area contributed by atoms with E-state index in [1.54, 1.807) is 0 Å². The molecule has 0 N–H and O–H groups in total. The number of piperidine rings is 2. The molecule has 0 aromatic heterocycles.